The Labute approximate surface area is 104 Å². The van der Waals surface area contributed by atoms with Crippen LogP contribution < -0.4 is 0 Å². The molecule has 1 aromatic rings. The van der Waals surface area contributed by atoms with Crippen LogP contribution in [0.5, 0.6) is 0 Å². The number of aromatic nitrogens is 2. The number of nitrogens with zero attached hydrogens (tertiary/aromatic N) is 2. The fraction of sp³-hybridized carbons (Fsp3) is 0.667. The van der Waals surface area contributed by atoms with Crippen molar-refractivity contribution in [2.75, 3.05) is 0 Å². The summed E-state index contributed by atoms with van der Waals surface area (Å²) in [6, 6.07) is 0. The van der Waals surface area contributed by atoms with Crippen molar-refractivity contribution >= 4 is 5.78 Å². The van der Waals surface area contributed by atoms with E-state index in [1.54, 1.807) is 20.8 Å². The van der Waals surface area contributed by atoms with Crippen LogP contribution in [0, 0.1) is 0 Å². The van der Waals surface area contributed by atoms with E-state index in [0.29, 0.717) is 29.8 Å². The van der Waals surface area contributed by atoms with Crippen molar-refractivity contribution in [2.45, 2.75) is 52.8 Å². The first kappa shape index (κ1) is 14.7. The quantitative estimate of drug-likeness (QED) is 0.764. The highest BCUT2D eigenvalue weighted by Gasteiger charge is 2.31. The van der Waals surface area contributed by atoms with Crippen molar-refractivity contribution in [1.82, 2.24) is 9.78 Å². The van der Waals surface area contributed by atoms with Gasteiger partial charge in [-0.25, -0.2) is 0 Å². The number of aryl methyl sites for hydroxylation is 1. The molecule has 0 amide bonds. The number of Topliss-reactive ketones (excluding diaryl/α,β-unsaturated/α-hetero) is 1. The molecule has 3 nitrogen and oxygen atoms in total. The van der Waals surface area contributed by atoms with Crippen molar-refractivity contribution in [3.05, 3.63) is 17.0 Å². The molecule has 1 aromatic heterocycles. The van der Waals surface area contributed by atoms with Crippen LogP contribution in [0.3, 0.4) is 0 Å². The van der Waals surface area contributed by atoms with Crippen molar-refractivity contribution in [2.24, 2.45) is 0 Å². The third kappa shape index (κ3) is 3.11. The van der Waals surface area contributed by atoms with E-state index in [9.17, 15) is 18.0 Å². The standard InChI is InChI=1S/C12H17F3N2O/c1-4-8-11(10(18)6-3)9(5-2)17(16-8)7-12(13,14)15/h4-7H2,1-3H3. The molecule has 1 heterocycles. The first-order valence-electron chi connectivity index (χ1n) is 6.02. The molecule has 0 aliphatic heterocycles. The summed E-state index contributed by atoms with van der Waals surface area (Å²) in [5.41, 5.74) is 1.23. The molecule has 0 N–H and O–H groups in total. The minimum atomic E-state index is -4.33. The number of hydrogen-bond donors (Lipinski definition) is 0. The first-order valence-corrected chi connectivity index (χ1v) is 6.02. The molecule has 1 rings (SSSR count). The normalized spacial score (nSPS) is 11.9. The van der Waals surface area contributed by atoms with Crippen LogP contribution in [0.2, 0.25) is 0 Å². The molecule has 0 saturated carbocycles. The second-order valence-corrected chi connectivity index (χ2v) is 4.03. The molecule has 0 aromatic carbocycles. The number of carbonyl (C=O) groups is 1. The monoisotopic (exact) mass is 262 g/mol. The summed E-state index contributed by atoms with van der Waals surface area (Å²) < 4.78 is 38.2. The van der Waals surface area contributed by atoms with Crippen LogP contribution in [0.1, 0.15) is 48.9 Å². The van der Waals surface area contributed by atoms with Crippen LogP contribution in [0.4, 0.5) is 13.2 Å². The van der Waals surface area contributed by atoms with E-state index in [1.807, 2.05) is 0 Å². The lowest BCUT2D eigenvalue weighted by molar-refractivity contribution is -0.143. The van der Waals surface area contributed by atoms with Crippen molar-refractivity contribution in [3.8, 4) is 0 Å². The highest BCUT2D eigenvalue weighted by Crippen LogP contribution is 2.23. The largest absolute Gasteiger partial charge is 0.408 e. The van der Waals surface area contributed by atoms with Crippen LogP contribution in [-0.2, 0) is 19.4 Å². The van der Waals surface area contributed by atoms with Crippen molar-refractivity contribution in [3.63, 3.8) is 0 Å². The lowest BCUT2D eigenvalue weighted by atomic mass is 10.0. The summed E-state index contributed by atoms with van der Waals surface area (Å²) in [7, 11) is 0. The van der Waals surface area contributed by atoms with Crippen LogP contribution >= 0.6 is 0 Å². The smallest absolute Gasteiger partial charge is 0.294 e. The summed E-state index contributed by atoms with van der Waals surface area (Å²) in [6.45, 7) is 4.07. The van der Waals surface area contributed by atoms with E-state index in [2.05, 4.69) is 5.10 Å². The van der Waals surface area contributed by atoms with Gasteiger partial charge in [0.05, 0.1) is 11.3 Å². The topological polar surface area (TPSA) is 34.9 Å². The average molecular weight is 262 g/mol. The van der Waals surface area contributed by atoms with Gasteiger partial charge in [0.1, 0.15) is 6.54 Å². The van der Waals surface area contributed by atoms with Crippen LogP contribution in [-0.4, -0.2) is 21.7 Å². The van der Waals surface area contributed by atoms with Gasteiger partial charge in [-0.05, 0) is 12.8 Å². The fourth-order valence-electron chi connectivity index (χ4n) is 1.96. The molecule has 0 fully saturated rings. The molecule has 0 unspecified atom stereocenters. The van der Waals surface area contributed by atoms with Crippen molar-refractivity contribution in [1.29, 1.82) is 0 Å². The molecule has 0 aliphatic carbocycles. The maximum Gasteiger partial charge on any atom is 0.408 e. The van der Waals surface area contributed by atoms with Gasteiger partial charge in [-0.1, -0.05) is 20.8 Å². The second kappa shape index (κ2) is 5.54. The second-order valence-electron chi connectivity index (χ2n) is 4.03. The summed E-state index contributed by atoms with van der Waals surface area (Å²) in [5.74, 6) is -0.142. The van der Waals surface area contributed by atoms with E-state index in [-0.39, 0.29) is 12.2 Å². The Morgan fingerprint density at radius 2 is 1.83 bits per heavy atom. The minimum absolute atomic E-state index is 0.142. The zero-order valence-electron chi connectivity index (χ0n) is 10.8. The number of halogens is 3. The maximum atomic E-state index is 12.4. The molecule has 18 heavy (non-hydrogen) atoms. The number of rotatable bonds is 5. The molecule has 0 bridgehead atoms. The lowest BCUT2D eigenvalue weighted by Gasteiger charge is -2.09. The van der Waals surface area contributed by atoms with Crippen molar-refractivity contribution < 1.29 is 18.0 Å². The first-order chi connectivity index (χ1) is 8.34. The maximum absolute atomic E-state index is 12.4. The Balaban J connectivity index is 3.29. The fourth-order valence-corrected chi connectivity index (χ4v) is 1.96. The number of alkyl halides is 3. The molecule has 0 radical (unpaired) electrons. The number of hydrogen-bond acceptors (Lipinski definition) is 2. The minimum Gasteiger partial charge on any atom is -0.294 e. The van der Waals surface area contributed by atoms with Gasteiger partial charge in [0.25, 0.3) is 0 Å². The van der Waals surface area contributed by atoms with E-state index in [4.69, 9.17) is 0 Å². The van der Waals surface area contributed by atoms with Gasteiger partial charge in [0.2, 0.25) is 0 Å². The summed E-state index contributed by atoms with van der Waals surface area (Å²) >= 11 is 0. The Morgan fingerprint density at radius 1 is 1.22 bits per heavy atom. The third-order valence-corrected chi connectivity index (χ3v) is 2.73. The molecule has 0 aliphatic rings. The Morgan fingerprint density at radius 3 is 2.22 bits per heavy atom. The van der Waals surface area contributed by atoms with E-state index in [1.165, 1.54) is 0 Å². The van der Waals surface area contributed by atoms with E-state index in [0.717, 1.165) is 4.68 Å². The van der Waals surface area contributed by atoms with Crippen LogP contribution in [0.15, 0.2) is 0 Å². The number of carbonyl (C=O) groups excluding carboxylic acids is 1. The SMILES string of the molecule is CCC(=O)c1c(CC)nn(CC(F)(F)F)c1CC. The highest BCUT2D eigenvalue weighted by molar-refractivity contribution is 5.98. The molecule has 102 valence electrons. The molecular weight excluding hydrogens is 245 g/mol. The van der Waals surface area contributed by atoms with E-state index >= 15 is 0 Å². The van der Waals surface area contributed by atoms with Gasteiger partial charge in [0, 0.05) is 12.1 Å². The zero-order valence-corrected chi connectivity index (χ0v) is 10.8. The highest BCUT2D eigenvalue weighted by atomic mass is 19.4. The van der Waals surface area contributed by atoms with Gasteiger partial charge in [-0.15, -0.1) is 0 Å². The van der Waals surface area contributed by atoms with Gasteiger partial charge >= 0.3 is 6.18 Å². The predicted octanol–water partition coefficient (Wildman–Crippen LogP) is 3.16. The Kier molecular flexibility index (Phi) is 4.53. The lowest BCUT2D eigenvalue weighted by Crippen LogP contribution is -2.20. The third-order valence-electron chi connectivity index (χ3n) is 2.73. The van der Waals surface area contributed by atoms with Gasteiger partial charge in [0.15, 0.2) is 5.78 Å². The molecule has 0 atom stereocenters. The van der Waals surface area contributed by atoms with Gasteiger partial charge in [-0.3, -0.25) is 9.48 Å². The summed E-state index contributed by atoms with van der Waals surface area (Å²) in [5, 5.41) is 3.93. The zero-order chi connectivity index (χ0) is 13.9. The molecule has 0 spiro atoms. The molecule has 6 heteroatoms. The van der Waals surface area contributed by atoms with E-state index < -0.39 is 12.7 Å². The predicted molar refractivity (Wildman–Crippen MR) is 61.7 cm³/mol. The number of ketones is 1. The summed E-state index contributed by atoms with van der Waals surface area (Å²) in [4.78, 5) is 11.8. The van der Waals surface area contributed by atoms with Gasteiger partial charge < -0.3 is 0 Å². The average Bonchev–Trinajstić information content (AvgIpc) is 2.63. The molecule has 0 saturated heterocycles. The van der Waals surface area contributed by atoms with Gasteiger partial charge in [-0.2, -0.15) is 18.3 Å². The summed E-state index contributed by atoms with van der Waals surface area (Å²) in [6.07, 6.45) is -3.23. The Bertz CT molecular complexity index is 435. The van der Waals surface area contributed by atoms with Crippen LogP contribution in [0.25, 0.3) is 0 Å². The Hall–Kier alpha value is -1.33. The molecular formula is C12H17F3N2O.